The largest absolute Gasteiger partial charge is 0.448 e. The monoisotopic (exact) mass is 465 g/mol. The van der Waals surface area contributed by atoms with E-state index < -0.39 is 53.6 Å². The fourth-order valence-electron chi connectivity index (χ4n) is 2.28. The summed E-state index contributed by atoms with van der Waals surface area (Å²) in [5.41, 5.74) is -0.645. The SMILES string of the molecule is CC(OC(=O)c1csc(-c2ncccn2)n1)C(=O)NCC(=O)Nc1ccc(F)c(F)c1F. The van der Waals surface area contributed by atoms with Crippen LogP contribution in [0.4, 0.5) is 18.9 Å². The van der Waals surface area contributed by atoms with Crippen LogP contribution in [0.3, 0.4) is 0 Å². The van der Waals surface area contributed by atoms with Crippen LogP contribution >= 0.6 is 11.3 Å². The lowest BCUT2D eigenvalue weighted by Gasteiger charge is -2.13. The number of rotatable bonds is 7. The molecule has 0 aliphatic carbocycles. The second kappa shape index (κ2) is 9.96. The number of hydrogen-bond acceptors (Lipinski definition) is 8. The Morgan fingerprint density at radius 1 is 1.12 bits per heavy atom. The first-order chi connectivity index (χ1) is 15.3. The number of aromatic nitrogens is 3. The van der Waals surface area contributed by atoms with E-state index in [9.17, 15) is 27.6 Å². The molecule has 0 aliphatic rings. The third-order valence-corrected chi connectivity index (χ3v) is 4.69. The summed E-state index contributed by atoms with van der Waals surface area (Å²) in [7, 11) is 0. The van der Waals surface area contributed by atoms with Crippen molar-refractivity contribution in [1.29, 1.82) is 0 Å². The molecule has 0 radical (unpaired) electrons. The standard InChI is InChI=1S/C19H14F3N5O4S/c1-9(31-19(30)12-8-32-18(27-12)16-23-5-2-6-24-16)17(29)25-7-13(28)26-11-4-3-10(20)14(21)15(11)22/h2-6,8-9H,7H2,1H3,(H,25,29)(H,26,28). The molecule has 0 aliphatic heterocycles. The Balaban J connectivity index is 1.50. The van der Waals surface area contributed by atoms with Crippen LogP contribution in [0.15, 0.2) is 36.0 Å². The van der Waals surface area contributed by atoms with Gasteiger partial charge in [0.15, 0.2) is 40.1 Å². The molecule has 13 heteroatoms. The molecule has 1 atom stereocenters. The molecule has 0 fully saturated rings. The molecule has 2 N–H and O–H groups in total. The van der Waals surface area contributed by atoms with Crippen LogP contribution in [0.25, 0.3) is 10.8 Å². The molecule has 1 aromatic carbocycles. The van der Waals surface area contributed by atoms with Crippen molar-refractivity contribution in [3.8, 4) is 10.8 Å². The molecule has 9 nitrogen and oxygen atoms in total. The van der Waals surface area contributed by atoms with Gasteiger partial charge in [-0.3, -0.25) is 9.59 Å². The predicted octanol–water partition coefficient (Wildman–Crippen LogP) is 2.32. The van der Waals surface area contributed by atoms with Gasteiger partial charge in [0.2, 0.25) is 5.91 Å². The number of anilines is 1. The lowest BCUT2D eigenvalue weighted by atomic mass is 10.2. The molecule has 0 spiro atoms. The Morgan fingerprint density at radius 2 is 1.84 bits per heavy atom. The molecular weight excluding hydrogens is 451 g/mol. The molecular formula is C19H14F3N5O4S. The van der Waals surface area contributed by atoms with Crippen LogP contribution in [0, 0.1) is 17.5 Å². The number of nitrogens with zero attached hydrogens (tertiary/aromatic N) is 3. The van der Waals surface area contributed by atoms with Crippen molar-refractivity contribution in [2.75, 3.05) is 11.9 Å². The fourth-order valence-corrected chi connectivity index (χ4v) is 3.02. The average molecular weight is 465 g/mol. The van der Waals surface area contributed by atoms with E-state index in [1.165, 1.54) is 24.7 Å². The van der Waals surface area contributed by atoms with Gasteiger partial charge in [-0.2, -0.15) is 0 Å². The Hall–Kier alpha value is -3.87. The van der Waals surface area contributed by atoms with Gasteiger partial charge in [-0.1, -0.05) is 0 Å². The molecule has 2 amide bonds. The molecule has 2 heterocycles. The number of halogens is 3. The van der Waals surface area contributed by atoms with Crippen LogP contribution < -0.4 is 10.6 Å². The van der Waals surface area contributed by atoms with Crippen LogP contribution in [0.2, 0.25) is 0 Å². The molecule has 1 unspecified atom stereocenters. The minimum absolute atomic E-state index is 0.0522. The van der Waals surface area contributed by atoms with E-state index in [4.69, 9.17) is 4.74 Å². The zero-order chi connectivity index (χ0) is 23.3. The number of benzene rings is 1. The minimum atomic E-state index is -1.74. The highest BCUT2D eigenvalue weighted by Crippen LogP contribution is 2.21. The average Bonchev–Trinajstić information content (AvgIpc) is 3.29. The molecule has 3 aromatic rings. The van der Waals surface area contributed by atoms with Crippen molar-refractivity contribution in [2.45, 2.75) is 13.0 Å². The minimum Gasteiger partial charge on any atom is -0.448 e. The highest BCUT2D eigenvalue weighted by atomic mass is 32.1. The first kappa shape index (κ1) is 22.8. The predicted molar refractivity (Wildman–Crippen MR) is 106 cm³/mol. The molecule has 0 saturated heterocycles. The van der Waals surface area contributed by atoms with Gasteiger partial charge in [-0.25, -0.2) is 32.9 Å². The van der Waals surface area contributed by atoms with E-state index in [1.807, 2.05) is 5.32 Å². The maximum Gasteiger partial charge on any atom is 0.358 e. The van der Waals surface area contributed by atoms with Crippen LogP contribution in [-0.2, 0) is 14.3 Å². The van der Waals surface area contributed by atoms with Crippen molar-refractivity contribution in [1.82, 2.24) is 20.3 Å². The first-order valence-corrected chi connectivity index (χ1v) is 9.79. The van der Waals surface area contributed by atoms with E-state index in [0.29, 0.717) is 16.9 Å². The van der Waals surface area contributed by atoms with Crippen LogP contribution in [0.5, 0.6) is 0 Å². The Morgan fingerprint density at radius 3 is 2.56 bits per heavy atom. The third kappa shape index (κ3) is 5.43. The van der Waals surface area contributed by atoms with E-state index in [1.54, 1.807) is 6.07 Å². The van der Waals surface area contributed by atoms with Crippen molar-refractivity contribution in [2.24, 2.45) is 0 Å². The fraction of sp³-hybridized carbons (Fsp3) is 0.158. The summed E-state index contributed by atoms with van der Waals surface area (Å²) < 4.78 is 44.7. The van der Waals surface area contributed by atoms with Crippen LogP contribution in [0.1, 0.15) is 17.4 Å². The summed E-state index contributed by atoms with van der Waals surface area (Å²) in [6, 6.07) is 3.10. The summed E-state index contributed by atoms with van der Waals surface area (Å²) in [5.74, 6) is -7.00. The number of ether oxygens (including phenoxy) is 1. The van der Waals surface area contributed by atoms with E-state index in [2.05, 4.69) is 20.3 Å². The van der Waals surface area contributed by atoms with E-state index in [0.717, 1.165) is 17.4 Å². The highest BCUT2D eigenvalue weighted by molar-refractivity contribution is 7.13. The molecule has 2 aromatic heterocycles. The second-order valence-corrected chi connectivity index (χ2v) is 7.00. The van der Waals surface area contributed by atoms with Crippen molar-refractivity contribution < 1.29 is 32.3 Å². The van der Waals surface area contributed by atoms with E-state index in [-0.39, 0.29) is 5.69 Å². The topological polar surface area (TPSA) is 123 Å². The lowest BCUT2D eigenvalue weighted by Crippen LogP contribution is -2.40. The summed E-state index contributed by atoms with van der Waals surface area (Å²) >= 11 is 1.11. The summed E-state index contributed by atoms with van der Waals surface area (Å²) in [6.07, 6.45) is 1.75. The number of thiazole rings is 1. The quantitative estimate of drug-likeness (QED) is 0.406. The molecule has 0 saturated carbocycles. The number of amides is 2. The second-order valence-electron chi connectivity index (χ2n) is 6.15. The number of carbonyl (C=O) groups is 3. The third-order valence-electron chi connectivity index (χ3n) is 3.86. The molecule has 166 valence electrons. The Labute approximate surface area is 182 Å². The molecule has 32 heavy (non-hydrogen) atoms. The maximum atomic E-state index is 13.6. The number of esters is 1. The van der Waals surface area contributed by atoms with Crippen molar-refractivity contribution in [3.05, 3.63) is 59.1 Å². The van der Waals surface area contributed by atoms with Crippen LogP contribution in [-0.4, -0.2) is 45.4 Å². The van der Waals surface area contributed by atoms with Gasteiger partial charge in [0, 0.05) is 17.8 Å². The van der Waals surface area contributed by atoms with Gasteiger partial charge >= 0.3 is 5.97 Å². The number of nitrogens with one attached hydrogen (secondary N) is 2. The number of hydrogen-bond donors (Lipinski definition) is 2. The Kier molecular flexibility index (Phi) is 7.10. The zero-order valence-electron chi connectivity index (χ0n) is 16.3. The van der Waals surface area contributed by atoms with Gasteiger partial charge < -0.3 is 15.4 Å². The molecule has 0 bridgehead atoms. The number of carbonyl (C=O) groups excluding carboxylic acids is 3. The van der Waals surface area contributed by atoms with Crippen molar-refractivity contribution in [3.63, 3.8) is 0 Å². The van der Waals surface area contributed by atoms with Gasteiger partial charge in [0.1, 0.15) is 0 Å². The van der Waals surface area contributed by atoms with Gasteiger partial charge in [0.05, 0.1) is 12.2 Å². The first-order valence-electron chi connectivity index (χ1n) is 8.91. The highest BCUT2D eigenvalue weighted by Gasteiger charge is 2.22. The normalized spacial score (nSPS) is 11.5. The van der Waals surface area contributed by atoms with Gasteiger partial charge in [-0.05, 0) is 25.1 Å². The van der Waals surface area contributed by atoms with Gasteiger partial charge in [0.25, 0.3) is 5.91 Å². The molecule has 3 rings (SSSR count). The van der Waals surface area contributed by atoms with E-state index >= 15 is 0 Å². The van der Waals surface area contributed by atoms with Crippen molar-refractivity contribution >= 4 is 34.8 Å². The maximum absolute atomic E-state index is 13.6. The Bertz CT molecular complexity index is 1160. The smallest absolute Gasteiger partial charge is 0.358 e. The summed E-state index contributed by atoms with van der Waals surface area (Å²) in [6.45, 7) is 0.638. The zero-order valence-corrected chi connectivity index (χ0v) is 17.1. The summed E-state index contributed by atoms with van der Waals surface area (Å²) in [5, 5.41) is 5.98. The lowest BCUT2D eigenvalue weighted by molar-refractivity contribution is -0.130. The summed E-state index contributed by atoms with van der Waals surface area (Å²) in [4.78, 5) is 48.2. The van der Waals surface area contributed by atoms with Gasteiger partial charge in [-0.15, -0.1) is 11.3 Å².